The van der Waals surface area contributed by atoms with Crippen LogP contribution in [0.5, 0.6) is 0 Å². The molecular weight excluding hydrogens is 356 g/mol. The zero-order valence-corrected chi connectivity index (χ0v) is 20.1. The summed E-state index contributed by atoms with van der Waals surface area (Å²) in [5.74, 6) is -0.446. The third-order valence-electron chi connectivity index (χ3n) is 2.95. The van der Waals surface area contributed by atoms with Gasteiger partial charge in [-0.15, -0.1) is 0 Å². The number of hydrogen-bond donors (Lipinski definition) is 0. The quantitative estimate of drug-likeness (QED) is 0.236. The van der Waals surface area contributed by atoms with Crippen molar-refractivity contribution in [1.82, 2.24) is 0 Å². The van der Waals surface area contributed by atoms with Crippen LogP contribution in [0.25, 0.3) is 0 Å². The van der Waals surface area contributed by atoms with Crippen molar-refractivity contribution < 1.29 is 22.5 Å². The summed E-state index contributed by atoms with van der Waals surface area (Å²) in [4.78, 5) is 11.7. The monoisotopic (exact) mass is 392 g/mol. The highest BCUT2D eigenvalue weighted by atomic mass is 28.5. The van der Waals surface area contributed by atoms with Gasteiger partial charge in [0.2, 0.25) is 6.29 Å². The summed E-state index contributed by atoms with van der Waals surface area (Å²) in [6.45, 7) is 24.0. The SMILES string of the molecule is C=C(C)C(=O)OC(C)OC(CC)[Si](C)(O[Si](C)(C)C)O[Si](C)(C)C. The van der Waals surface area contributed by atoms with Crippen molar-refractivity contribution in [2.45, 2.75) is 85.0 Å². The van der Waals surface area contributed by atoms with Crippen LogP contribution < -0.4 is 0 Å². The van der Waals surface area contributed by atoms with Crippen molar-refractivity contribution in [3.63, 3.8) is 0 Å². The van der Waals surface area contributed by atoms with E-state index in [4.69, 9.17) is 17.7 Å². The third-order valence-corrected chi connectivity index (χ3v) is 12.8. The second-order valence-corrected chi connectivity index (χ2v) is 21.0. The van der Waals surface area contributed by atoms with E-state index in [9.17, 15) is 4.79 Å². The first-order valence-electron chi connectivity index (χ1n) is 8.52. The van der Waals surface area contributed by atoms with Crippen molar-refractivity contribution in [1.29, 1.82) is 0 Å². The Hall–Kier alpha value is -0.259. The highest BCUT2D eigenvalue weighted by Gasteiger charge is 2.47. The molecule has 0 aromatic heterocycles. The van der Waals surface area contributed by atoms with Crippen molar-refractivity contribution in [2.24, 2.45) is 0 Å². The largest absolute Gasteiger partial charge is 0.435 e. The van der Waals surface area contributed by atoms with Gasteiger partial charge in [-0.2, -0.15) is 0 Å². The van der Waals surface area contributed by atoms with Gasteiger partial charge in [-0.25, -0.2) is 4.79 Å². The molecule has 8 heteroatoms. The molecule has 0 saturated carbocycles. The van der Waals surface area contributed by atoms with Crippen molar-refractivity contribution >= 4 is 31.2 Å². The Morgan fingerprint density at radius 2 is 1.42 bits per heavy atom. The fourth-order valence-electron chi connectivity index (χ4n) is 2.47. The summed E-state index contributed by atoms with van der Waals surface area (Å²) in [5, 5.41) is 0. The summed E-state index contributed by atoms with van der Waals surface area (Å²) in [6.07, 6.45) is 0.0774. The van der Waals surface area contributed by atoms with Crippen molar-refractivity contribution in [3.8, 4) is 0 Å². The van der Waals surface area contributed by atoms with Crippen LogP contribution in [0.1, 0.15) is 27.2 Å². The first kappa shape index (κ1) is 23.7. The topological polar surface area (TPSA) is 54.0 Å². The molecule has 142 valence electrons. The summed E-state index contributed by atoms with van der Waals surface area (Å²) in [5.41, 5.74) is 0.152. The minimum Gasteiger partial charge on any atom is -0.435 e. The first-order valence-corrected chi connectivity index (χ1v) is 17.7. The molecule has 5 nitrogen and oxygen atoms in total. The molecule has 0 saturated heterocycles. The lowest BCUT2D eigenvalue weighted by Crippen LogP contribution is -2.61. The number of esters is 1. The smallest absolute Gasteiger partial charge is 0.344 e. The summed E-state index contributed by atoms with van der Waals surface area (Å²) in [7, 11) is -6.23. The van der Waals surface area contributed by atoms with Crippen LogP contribution in [-0.2, 0) is 22.5 Å². The number of carbonyl (C=O) groups is 1. The summed E-state index contributed by atoms with van der Waals surface area (Å²) in [6, 6.07) is 0. The predicted molar refractivity (Wildman–Crippen MR) is 106 cm³/mol. The van der Waals surface area contributed by atoms with Gasteiger partial charge in [0.1, 0.15) is 5.73 Å². The first-order chi connectivity index (χ1) is 10.6. The normalized spacial score (nSPS) is 15.8. The van der Waals surface area contributed by atoms with Gasteiger partial charge in [0.25, 0.3) is 0 Å². The Balaban J connectivity index is 5.31. The van der Waals surface area contributed by atoms with E-state index in [0.29, 0.717) is 5.57 Å². The number of rotatable bonds is 10. The van der Waals surface area contributed by atoms with E-state index in [-0.39, 0.29) is 5.73 Å². The van der Waals surface area contributed by atoms with Crippen LogP contribution >= 0.6 is 0 Å². The Morgan fingerprint density at radius 3 is 1.71 bits per heavy atom. The number of ether oxygens (including phenoxy) is 2. The molecule has 0 aromatic rings. The standard InChI is InChI=1S/C16H36O5Si3/c1-12-15(18-14(4)19-16(17)13(2)3)24(11,20-22(5,6)7)21-23(8,9)10/h14-15H,2,12H2,1,3-11H3. The molecule has 0 aliphatic heterocycles. The molecule has 0 aliphatic carbocycles. The van der Waals surface area contributed by atoms with Gasteiger partial charge in [0, 0.05) is 5.57 Å². The van der Waals surface area contributed by atoms with E-state index in [0.717, 1.165) is 6.42 Å². The highest BCUT2D eigenvalue weighted by Crippen LogP contribution is 2.28. The molecule has 0 radical (unpaired) electrons. The minimum atomic E-state index is -2.60. The molecule has 2 atom stereocenters. The maximum absolute atomic E-state index is 11.7. The lowest BCUT2D eigenvalue weighted by atomic mass is 10.4. The van der Waals surface area contributed by atoms with Gasteiger partial charge >= 0.3 is 14.5 Å². The summed E-state index contributed by atoms with van der Waals surface area (Å²) >= 11 is 0. The Labute approximate surface area is 151 Å². The Morgan fingerprint density at radius 1 is 1.00 bits per heavy atom. The minimum absolute atomic E-state index is 0.205. The van der Waals surface area contributed by atoms with Gasteiger partial charge < -0.3 is 17.7 Å². The molecule has 0 fully saturated rings. The lowest BCUT2D eigenvalue weighted by Gasteiger charge is -2.43. The zero-order valence-electron chi connectivity index (χ0n) is 17.1. The number of carbonyl (C=O) groups excluding carboxylic acids is 1. The molecule has 0 aliphatic rings. The van der Waals surface area contributed by atoms with E-state index >= 15 is 0 Å². The molecule has 0 aromatic carbocycles. The van der Waals surface area contributed by atoms with Gasteiger partial charge in [-0.3, -0.25) is 0 Å². The van der Waals surface area contributed by atoms with Crippen LogP contribution in [0.4, 0.5) is 0 Å². The lowest BCUT2D eigenvalue weighted by molar-refractivity contribution is -0.176. The van der Waals surface area contributed by atoms with Gasteiger partial charge in [-0.1, -0.05) is 13.5 Å². The van der Waals surface area contributed by atoms with Crippen LogP contribution in [0, 0.1) is 0 Å². The molecule has 0 N–H and O–H groups in total. The van der Waals surface area contributed by atoms with Gasteiger partial charge in [0.05, 0.1) is 0 Å². The van der Waals surface area contributed by atoms with E-state index in [1.54, 1.807) is 13.8 Å². The second-order valence-electron chi connectivity index (χ2n) is 8.23. The van der Waals surface area contributed by atoms with Crippen LogP contribution in [-0.4, -0.2) is 43.2 Å². The molecule has 24 heavy (non-hydrogen) atoms. The van der Waals surface area contributed by atoms with Crippen LogP contribution in [0.3, 0.4) is 0 Å². The van der Waals surface area contributed by atoms with Crippen molar-refractivity contribution in [3.05, 3.63) is 12.2 Å². The van der Waals surface area contributed by atoms with Crippen molar-refractivity contribution in [2.75, 3.05) is 0 Å². The molecule has 0 heterocycles. The van der Waals surface area contributed by atoms with E-state index < -0.39 is 37.5 Å². The van der Waals surface area contributed by atoms with E-state index in [1.807, 2.05) is 6.92 Å². The molecule has 0 rings (SSSR count). The Kier molecular flexibility index (Phi) is 8.81. The van der Waals surface area contributed by atoms with Gasteiger partial charge in [0.15, 0.2) is 16.6 Å². The molecule has 0 spiro atoms. The predicted octanol–water partition coefficient (Wildman–Crippen LogP) is 4.56. The molecule has 0 bridgehead atoms. The average Bonchev–Trinajstić information content (AvgIpc) is 2.30. The average molecular weight is 393 g/mol. The number of hydrogen-bond acceptors (Lipinski definition) is 5. The van der Waals surface area contributed by atoms with E-state index in [2.05, 4.69) is 52.4 Å². The fraction of sp³-hybridized carbons (Fsp3) is 0.812. The molecule has 2 unspecified atom stereocenters. The fourth-order valence-corrected chi connectivity index (χ4v) is 15.0. The van der Waals surface area contributed by atoms with Gasteiger partial charge in [-0.05, 0) is 66.1 Å². The highest BCUT2D eigenvalue weighted by molar-refractivity contribution is 6.88. The zero-order chi connectivity index (χ0) is 19.3. The summed E-state index contributed by atoms with van der Waals surface area (Å²) < 4.78 is 24.4. The van der Waals surface area contributed by atoms with Crippen LogP contribution in [0.2, 0.25) is 45.8 Å². The molecule has 0 amide bonds. The maximum atomic E-state index is 11.7. The van der Waals surface area contributed by atoms with Crippen LogP contribution in [0.15, 0.2) is 12.2 Å². The molecular formula is C16H36O5Si3. The third kappa shape index (κ3) is 9.28. The van der Waals surface area contributed by atoms with E-state index in [1.165, 1.54) is 0 Å². The Bertz CT molecular complexity index is 424. The maximum Gasteiger partial charge on any atom is 0.344 e. The second kappa shape index (κ2) is 8.91.